The molecule has 28 heavy (non-hydrogen) atoms. The number of nitrogens with zero attached hydrogens (tertiary/aromatic N) is 2. The summed E-state index contributed by atoms with van der Waals surface area (Å²) >= 11 is 0. The molecule has 1 aliphatic heterocycles. The normalized spacial score (nSPS) is 14.1. The molecule has 0 unspecified atom stereocenters. The molecule has 1 saturated heterocycles. The Morgan fingerprint density at radius 3 is 2.57 bits per heavy atom. The molecule has 1 aliphatic rings. The van der Waals surface area contributed by atoms with Crippen molar-refractivity contribution in [3.8, 4) is 0 Å². The van der Waals surface area contributed by atoms with Gasteiger partial charge in [-0.25, -0.2) is 9.78 Å². The molecule has 6 nitrogen and oxygen atoms in total. The number of hydrogen-bond acceptors (Lipinski definition) is 5. The van der Waals surface area contributed by atoms with Crippen LogP contribution in [0.3, 0.4) is 0 Å². The average Bonchev–Trinajstić information content (AvgIpc) is 2.73. The van der Waals surface area contributed by atoms with E-state index in [-0.39, 0.29) is 5.78 Å². The van der Waals surface area contributed by atoms with Gasteiger partial charge >= 0.3 is 6.09 Å². The minimum Gasteiger partial charge on any atom is -0.450 e. The summed E-state index contributed by atoms with van der Waals surface area (Å²) in [5.41, 5.74) is 1.88. The number of aromatic nitrogens is 1. The molecule has 1 aromatic heterocycles. The number of ether oxygens (including phenoxy) is 1. The summed E-state index contributed by atoms with van der Waals surface area (Å²) < 4.78 is 4.83. The molecule has 0 bridgehead atoms. The van der Waals surface area contributed by atoms with Crippen LogP contribution >= 0.6 is 0 Å². The molecule has 1 fully saturated rings. The second-order valence-electron chi connectivity index (χ2n) is 6.59. The zero-order chi connectivity index (χ0) is 19.8. The van der Waals surface area contributed by atoms with Gasteiger partial charge < -0.3 is 9.64 Å². The van der Waals surface area contributed by atoms with Crippen LogP contribution in [0.15, 0.2) is 48.5 Å². The molecule has 1 N–H and O–H groups in total. The maximum absolute atomic E-state index is 12.4. The van der Waals surface area contributed by atoms with E-state index in [2.05, 4.69) is 15.2 Å². The molecular weight excluding hydrogens is 354 g/mol. The van der Waals surface area contributed by atoms with Gasteiger partial charge in [-0.05, 0) is 74.7 Å². The number of allylic oxidation sites excluding steroid dienone is 1. The predicted molar refractivity (Wildman–Crippen MR) is 111 cm³/mol. The van der Waals surface area contributed by atoms with Crippen LogP contribution in [0.25, 0.3) is 6.08 Å². The van der Waals surface area contributed by atoms with Crippen molar-refractivity contribution in [2.45, 2.75) is 26.2 Å². The molecule has 0 saturated carbocycles. The largest absolute Gasteiger partial charge is 0.450 e. The number of amides is 1. The van der Waals surface area contributed by atoms with Gasteiger partial charge in [-0.15, -0.1) is 0 Å². The summed E-state index contributed by atoms with van der Waals surface area (Å²) in [5.74, 6) is 0.844. The number of benzene rings is 1. The monoisotopic (exact) mass is 379 g/mol. The van der Waals surface area contributed by atoms with Gasteiger partial charge in [0.25, 0.3) is 0 Å². The Bertz CT molecular complexity index is 840. The first kappa shape index (κ1) is 19.6. The smallest absolute Gasteiger partial charge is 0.411 e. The molecule has 0 atom stereocenters. The molecule has 1 amide bonds. The van der Waals surface area contributed by atoms with Crippen LogP contribution in [0.4, 0.5) is 16.3 Å². The van der Waals surface area contributed by atoms with Crippen LogP contribution < -0.4 is 10.2 Å². The lowest BCUT2D eigenvalue weighted by molar-refractivity contribution is 0.104. The molecule has 0 aliphatic carbocycles. The van der Waals surface area contributed by atoms with E-state index in [0.717, 1.165) is 24.6 Å². The highest BCUT2D eigenvalue weighted by Crippen LogP contribution is 2.18. The van der Waals surface area contributed by atoms with E-state index in [1.165, 1.54) is 25.3 Å². The number of piperidine rings is 1. The minimum absolute atomic E-state index is 0.118. The van der Waals surface area contributed by atoms with E-state index in [1.54, 1.807) is 37.3 Å². The minimum atomic E-state index is -0.513. The van der Waals surface area contributed by atoms with Gasteiger partial charge in [-0.1, -0.05) is 6.07 Å². The first-order valence-corrected chi connectivity index (χ1v) is 9.64. The summed E-state index contributed by atoms with van der Waals surface area (Å²) in [6.45, 7) is 4.11. The Kier molecular flexibility index (Phi) is 6.78. The maximum atomic E-state index is 12.4. The van der Waals surface area contributed by atoms with E-state index < -0.39 is 6.09 Å². The zero-order valence-electron chi connectivity index (χ0n) is 16.1. The highest BCUT2D eigenvalue weighted by atomic mass is 16.5. The fraction of sp³-hybridized carbons (Fsp3) is 0.318. The van der Waals surface area contributed by atoms with E-state index in [1.807, 2.05) is 18.2 Å². The van der Waals surface area contributed by atoms with Crippen molar-refractivity contribution >= 4 is 29.5 Å². The molecule has 6 heteroatoms. The van der Waals surface area contributed by atoms with Gasteiger partial charge in [-0.2, -0.15) is 0 Å². The SMILES string of the molecule is CCOC(=O)Nc1ccc(C(=O)/C=C/c2cccc(N3CCCCC3)n2)cc1. The number of carbonyl (C=O) groups excluding carboxylic acids is 2. The lowest BCUT2D eigenvalue weighted by Gasteiger charge is -2.27. The van der Waals surface area contributed by atoms with E-state index in [9.17, 15) is 9.59 Å². The second kappa shape index (κ2) is 9.69. The van der Waals surface area contributed by atoms with Crippen molar-refractivity contribution in [1.82, 2.24) is 4.98 Å². The number of hydrogen-bond donors (Lipinski definition) is 1. The van der Waals surface area contributed by atoms with Gasteiger partial charge in [0.1, 0.15) is 5.82 Å². The number of anilines is 2. The molecule has 2 aromatic rings. The van der Waals surface area contributed by atoms with Crippen molar-refractivity contribution in [3.05, 3.63) is 59.8 Å². The summed E-state index contributed by atoms with van der Waals surface area (Å²) in [4.78, 5) is 30.8. The lowest BCUT2D eigenvalue weighted by atomic mass is 10.1. The van der Waals surface area contributed by atoms with Crippen molar-refractivity contribution < 1.29 is 14.3 Å². The Morgan fingerprint density at radius 1 is 1.11 bits per heavy atom. The summed E-state index contributed by atoms with van der Waals surface area (Å²) in [5, 5.41) is 2.60. The Balaban J connectivity index is 1.62. The van der Waals surface area contributed by atoms with Gasteiger partial charge in [0.05, 0.1) is 12.3 Å². The van der Waals surface area contributed by atoms with E-state index in [0.29, 0.717) is 17.9 Å². The number of rotatable bonds is 6. The van der Waals surface area contributed by atoms with Crippen molar-refractivity contribution in [2.75, 3.05) is 29.9 Å². The van der Waals surface area contributed by atoms with E-state index >= 15 is 0 Å². The lowest BCUT2D eigenvalue weighted by Crippen LogP contribution is -2.30. The van der Waals surface area contributed by atoms with Crippen LogP contribution in [0.5, 0.6) is 0 Å². The third-order valence-corrected chi connectivity index (χ3v) is 4.53. The molecule has 2 heterocycles. The van der Waals surface area contributed by atoms with Gasteiger partial charge in [0.2, 0.25) is 0 Å². The zero-order valence-corrected chi connectivity index (χ0v) is 16.1. The van der Waals surface area contributed by atoms with Gasteiger partial charge in [0.15, 0.2) is 5.78 Å². The quantitative estimate of drug-likeness (QED) is 0.589. The molecule has 0 radical (unpaired) electrons. The maximum Gasteiger partial charge on any atom is 0.411 e. The highest BCUT2D eigenvalue weighted by Gasteiger charge is 2.12. The van der Waals surface area contributed by atoms with Crippen LogP contribution in [0.2, 0.25) is 0 Å². The van der Waals surface area contributed by atoms with Gasteiger partial charge in [0, 0.05) is 24.3 Å². The highest BCUT2D eigenvalue weighted by molar-refractivity contribution is 6.07. The standard InChI is InChI=1S/C22H25N3O3/c1-2-28-22(27)24-19-11-9-17(10-12-19)20(26)14-13-18-7-6-8-21(23-18)25-15-4-3-5-16-25/h6-14H,2-5,15-16H2,1H3,(H,24,27)/b14-13+. The molecular formula is C22H25N3O3. The number of carbonyl (C=O) groups is 2. The molecule has 0 spiro atoms. The van der Waals surface area contributed by atoms with Crippen LogP contribution in [-0.2, 0) is 4.74 Å². The molecule has 146 valence electrons. The number of nitrogens with one attached hydrogen (secondary N) is 1. The third-order valence-electron chi connectivity index (χ3n) is 4.53. The Morgan fingerprint density at radius 2 is 1.86 bits per heavy atom. The average molecular weight is 379 g/mol. The second-order valence-corrected chi connectivity index (χ2v) is 6.59. The first-order chi connectivity index (χ1) is 13.7. The van der Waals surface area contributed by atoms with Crippen LogP contribution in [0.1, 0.15) is 42.2 Å². The Labute approximate surface area is 165 Å². The topological polar surface area (TPSA) is 71.5 Å². The summed E-state index contributed by atoms with van der Waals surface area (Å²) in [6.07, 6.45) is 6.42. The van der Waals surface area contributed by atoms with E-state index in [4.69, 9.17) is 4.74 Å². The third kappa shape index (κ3) is 5.42. The van der Waals surface area contributed by atoms with Crippen molar-refractivity contribution in [2.24, 2.45) is 0 Å². The molecule has 1 aromatic carbocycles. The summed E-state index contributed by atoms with van der Waals surface area (Å²) in [6, 6.07) is 12.6. The van der Waals surface area contributed by atoms with Crippen LogP contribution in [-0.4, -0.2) is 36.6 Å². The predicted octanol–water partition coefficient (Wildman–Crippen LogP) is 4.54. The van der Waals surface area contributed by atoms with Gasteiger partial charge in [-0.3, -0.25) is 10.1 Å². The van der Waals surface area contributed by atoms with Crippen LogP contribution in [0, 0.1) is 0 Å². The Hall–Kier alpha value is -3.15. The summed E-state index contributed by atoms with van der Waals surface area (Å²) in [7, 11) is 0. The number of ketones is 1. The van der Waals surface area contributed by atoms with Crippen molar-refractivity contribution in [1.29, 1.82) is 0 Å². The van der Waals surface area contributed by atoms with Crippen molar-refractivity contribution in [3.63, 3.8) is 0 Å². The fourth-order valence-corrected chi connectivity index (χ4v) is 3.09. The number of pyridine rings is 1. The first-order valence-electron chi connectivity index (χ1n) is 9.64. The fourth-order valence-electron chi connectivity index (χ4n) is 3.09. The molecule has 3 rings (SSSR count).